The third-order valence-corrected chi connectivity index (χ3v) is 2.28. The quantitative estimate of drug-likeness (QED) is 0.703. The van der Waals surface area contributed by atoms with Crippen molar-refractivity contribution in [3.63, 3.8) is 0 Å². The third-order valence-electron chi connectivity index (χ3n) is 2.28. The van der Waals surface area contributed by atoms with Gasteiger partial charge in [0.1, 0.15) is 5.82 Å². The van der Waals surface area contributed by atoms with E-state index in [-0.39, 0.29) is 0 Å². The Hall–Kier alpha value is -2.11. The highest BCUT2D eigenvalue weighted by Gasteiger charge is 2.13. The molecule has 0 aliphatic rings. The van der Waals surface area contributed by atoms with Gasteiger partial charge in [0.15, 0.2) is 5.75 Å². The van der Waals surface area contributed by atoms with Crippen LogP contribution in [0.4, 0.5) is 0 Å². The molecular formula is C10H11N3O3. The number of carbonyl (C=O) groups excluding carboxylic acids is 1. The Morgan fingerprint density at radius 2 is 2.12 bits per heavy atom. The lowest BCUT2D eigenvalue weighted by atomic mass is 10.2. The normalized spacial score (nSPS) is 10.4. The molecule has 6 nitrogen and oxygen atoms in total. The molecule has 0 bridgehead atoms. The van der Waals surface area contributed by atoms with Crippen LogP contribution >= 0.6 is 0 Å². The van der Waals surface area contributed by atoms with Crippen LogP contribution in [0.2, 0.25) is 0 Å². The minimum absolute atomic E-state index is 0.398. The number of hydrogen-bond acceptors (Lipinski definition) is 5. The molecule has 0 fully saturated rings. The molecule has 0 amide bonds. The highest BCUT2D eigenvalue weighted by Crippen LogP contribution is 2.20. The number of rotatable bonds is 2. The van der Waals surface area contributed by atoms with Crippen LogP contribution in [0.25, 0.3) is 5.65 Å². The summed E-state index contributed by atoms with van der Waals surface area (Å²) in [6.07, 6.45) is 1.62. The second kappa shape index (κ2) is 3.80. The molecule has 2 aromatic rings. The molecule has 0 atom stereocenters. The van der Waals surface area contributed by atoms with Crippen molar-refractivity contribution in [3.8, 4) is 5.75 Å². The topological polar surface area (TPSA) is 65.7 Å². The van der Waals surface area contributed by atoms with E-state index >= 15 is 0 Å². The van der Waals surface area contributed by atoms with Crippen LogP contribution in [0.1, 0.15) is 16.2 Å². The van der Waals surface area contributed by atoms with E-state index in [4.69, 9.17) is 4.74 Å². The van der Waals surface area contributed by atoms with Gasteiger partial charge in [0.2, 0.25) is 5.65 Å². The fraction of sp³-hybridized carbons (Fsp3) is 0.300. The van der Waals surface area contributed by atoms with Crippen LogP contribution in [0, 0.1) is 6.92 Å². The lowest BCUT2D eigenvalue weighted by molar-refractivity contribution is 0.0599. The summed E-state index contributed by atoms with van der Waals surface area (Å²) in [5.41, 5.74) is 0.974. The second-order valence-electron chi connectivity index (χ2n) is 3.23. The molecule has 0 aromatic carbocycles. The number of esters is 1. The summed E-state index contributed by atoms with van der Waals surface area (Å²) in [5, 5.41) is 7.86. The zero-order chi connectivity index (χ0) is 11.7. The van der Waals surface area contributed by atoms with Crippen molar-refractivity contribution in [3.05, 3.63) is 23.7 Å². The molecule has 6 heteroatoms. The second-order valence-corrected chi connectivity index (χ2v) is 3.23. The first-order valence-electron chi connectivity index (χ1n) is 4.65. The van der Waals surface area contributed by atoms with Gasteiger partial charge in [-0.1, -0.05) is 0 Å². The number of pyridine rings is 1. The van der Waals surface area contributed by atoms with Crippen molar-refractivity contribution in [2.75, 3.05) is 14.2 Å². The van der Waals surface area contributed by atoms with Gasteiger partial charge < -0.3 is 9.47 Å². The maximum atomic E-state index is 11.4. The molecule has 2 aromatic heterocycles. The molecular weight excluding hydrogens is 210 g/mol. The largest absolute Gasteiger partial charge is 0.493 e. The van der Waals surface area contributed by atoms with Crippen molar-refractivity contribution in [1.82, 2.24) is 14.6 Å². The molecule has 0 saturated heterocycles. The van der Waals surface area contributed by atoms with E-state index in [2.05, 4.69) is 14.9 Å². The zero-order valence-corrected chi connectivity index (χ0v) is 9.22. The number of aromatic nitrogens is 3. The lowest BCUT2D eigenvalue weighted by Gasteiger charge is -2.05. The Morgan fingerprint density at radius 1 is 1.38 bits per heavy atom. The fourth-order valence-corrected chi connectivity index (χ4v) is 1.45. The van der Waals surface area contributed by atoms with Crippen LogP contribution in [0.5, 0.6) is 5.75 Å². The molecule has 0 aliphatic carbocycles. The highest BCUT2D eigenvalue weighted by molar-refractivity contribution is 5.90. The fourth-order valence-electron chi connectivity index (χ4n) is 1.45. The Kier molecular flexibility index (Phi) is 2.47. The predicted octanol–water partition coefficient (Wildman–Crippen LogP) is 0.833. The van der Waals surface area contributed by atoms with Crippen LogP contribution in [-0.2, 0) is 4.74 Å². The van der Waals surface area contributed by atoms with E-state index in [1.54, 1.807) is 23.6 Å². The minimum Gasteiger partial charge on any atom is -0.493 e. The van der Waals surface area contributed by atoms with Gasteiger partial charge in [-0.3, -0.25) is 4.40 Å². The molecule has 0 spiro atoms. The monoisotopic (exact) mass is 221 g/mol. The van der Waals surface area contributed by atoms with Gasteiger partial charge in [0.25, 0.3) is 0 Å². The van der Waals surface area contributed by atoms with Gasteiger partial charge in [-0.15, -0.1) is 10.2 Å². The molecule has 0 N–H and O–H groups in total. The number of methoxy groups -OCH3 is 2. The number of hydrogen-bond donors (Lipinski definition) is 0. The summed E-state index contributed by atoms with van der Waals surface area (Å²) in [6, 6.07) is 1.58. The molecule has 84 valence electrons. The summed E-state index contributed by atoms with van der Waals surface area (Å²) in [7, 11) is 2.85. The van der Waals surface area contributed by atoms with Gasteiger partial charge in [-0.2, -0.15) is 0 Å². The summed E-state index contributed by atoms with van der Waals surface area (Å²) >= 11 is 0. The van der Waals surface area contributed by atoms with E-state index < -0.39 is 5.97 Å². The van der Waals surface area contributed by atoms with E-state index in [1.807, 2.05) is 0 Å². The van der Waals surface area contributed by atoms with Crippen molar-refractivity contribution in [2.24, 2.45) is 0 Å². The summed E-state index contributed by atoms with van der Waals surface area (Å²) in [4.78, 5) is 11.4. The number of ether oxygens (including phenoxy) is 2. The SMILES string of the molecule is COC(=O)c1cc(OC)c2nnc(C)n2c1. The van der Waals surface area contributed by atoms with E-state index in [0.717, 1.165) is 0 Å². The van der Waals surface area contributed by atoms with Crippen LogP contribution < -0.4 is 4.74 Å². The first kappa shape index (κ1) is 10.4. The molecule has 0 unspecified atom stereocenters. The average Bonchev–Trinajstić information content (AvgIpc) is 2.69. The maximum absolute atomic E-state index is 11.4. The molecule has 0 saturated carbocycles. The number of nitrogens with zero attached hydrogens (tertiary/aromatic N) is 3. The number of carbonyl (C=O) groups is 1. The van der Waals surface area contributed by atoms with Gasteiger partial charge in [-0.05, 0) is 6.92 Å². The Bertz CT molecular complexity index is 547. The Labute approximate surface area is 91.8 Å². The van der Waals surface area contributed by atoms with Gasteiger partial charge in [-0.25, -0.2) is 4.79 Å². The van der Waals surface area contributed by atoms with Crippen LogP contribution in [-0.4, -0.2) is 34.8 Å². The molecule has 0 aliphatic heterocycles. The standard InChI is InChI=1S/C10H11N3O3/c1-6-11-12-9-8(15-2)4-7(5-13(6)9)10(14)16-3/h4-5H,1-3H3. The number of aryl methyl sites for hydroxylation is 1. The highest BCUT2D eigenvalue weighted by atomic mass is 16.5. The lowest BCUT2D eigenvalue weighted by Crippen LogP contribution is -2.04. The van der Waals surface area contributed by atoms with E-state index in [0.29, 0.717) is 22.8 Å². The number of fused-ring (bicyclic) bond motifs is 1. The predicted molar refractivity (Wildman–Crippen MR) is 55.6 cm³/mol. The zero-order valence-electron chi connectivity index (χ0n) is 9.22. The summed E-state index contributed by atoms with van der Waals surface area (Å²) < 4.78 is 11.5. The maximum Gasteiger partial charge on any atom is 0.339 e. The summed E-state index contributed by atoms with van der Waals surface area (Å²) in [5.74, 6) is 0.746. The van der Waals surface area contributed by atoms with E-state index in [9.17, 15) is 4.79 Å². The van der Waals surface area contributed by atoms with Crippen molar-refractivity contribution in [1.29, 1.82) is 0 Å². The Morgan fingerprint density at radius 3 is 2.75 bits per heavy atom. The van der Waals surface area contributed by atoms with Crippen molar-refractivity contribution < 1.29 is 14.3 Å². The first-order chi connectivity index (χ1) is 7.67. The van der Waals surface area contributed by atoms with Gasteiger partial charge >= 0.3 is 5.97 Å². The van der Waals surface area contributed by atoms with E-state index in [1.165, 1.54) is 14.2 Å². The average molecular weight is 221 g/mol. The molecule has 16 heavy (non-hydrogen) atoms. The molecule has 0 radical (unpaired) electrons. The van der Waals surface area contributed by atoms with Crippen molar-refractivity contribution in [2.45, 2.75) is 6.92 Å². The molecule has 2 rings (SSSR count). The Balaban J connectivity index is 2.70. The molecule has 2 heterocycles. The van der Waals surface area contributed by atoms with Crippen LogP contribution in [0.3, 0.4) is 0 Å². The van der Waals surface area contributed by atoms with Gasteiger partial charge in [0, 0.05) is 12.3 Å². The van der Waals surface area contributed by atoms with Crippen LogP contribution in [0.15, 0.2) is 12.3 Å². The smallest absolute Gasteiger partial charge is 0.339 e. The van der Waals surface area contributed by atoms with Gasteiger partial charge in [0.05, 0.1) is 19.8 Å². The third kappa shape index (κ3) is 1.48. The minimum atomic E-state index is -0.423. The summed E-state index contributed by atoms with van der Waals surface area (Å²) in [6.45, 7) is 1.79. The van der Waals surface area contributed by atoms with Crippen molar-refractivity contribution >= 4 is 11.6 Å². The first-order valence-corrected chi connectivity index (χ1v) is 4.65.